The number of benzene rings is 2. The smallest absolute Gasteiger partial charge is 0.410 e. The Morgan fingerprint density at radius 3 is 1.55 bits per heavy atom. The van der Waals surface area contributed by atoms with Crippen LogP contribution in [0, 0.1) is 13.8 Å². The van der Waals surface area contributed by atoms with Gasteiger partial charge in [-0.2, -0.15) is 0 Å². The number of pyridine rings is 2. The Labute approximate surface area is 469 Å². The maximum atomic E-state index is 12.7. The second-order valence-electron chi connectivity index (χ2n) is 21.5. The number of halogens is 3. The van der Waals surface area contributed by atoms with Crippen LogP contribution in [0.2, 0.25) is 10.0 Å². The third kappa shape index (κ3) is 13.2. The van der Waals surface area contributed by atoms with E-state index in [0.717, 1.165) is 91.3 Å². The summed E-state index contributed by atoms with van der Waals surface area (Å²) in [5, 5.41) is 13.0. The Balaban J connectivity index is 0.000000178. The third-order valence-corrected chi connectivity index (χ3v) is 14.8. The summed E-state index contributed by atoms with van der Waals surface area (Å²) in [6.07, 6.45) is 10.5. The summed E-state index contributed by atoms with van der Waals surface area (Å²) in [4.78, 5) is 61.6. The number of amides is 2. The predicted octanol–water partition coefficient (Wildman–Crippen LogP) is 11.1. The predicted molar refractivity (Wildman–Crippen MR) is 305 cm³/mol. The van der Waals surface area contributed by atoms with Crippen molar-refractivity contribution in [2.24, 2.45) is 14.1 Å². The Morgan fingerprint density at radius 1 is 0.662 bits per heavy atom. The topological polar surface area (TPSA) is 164 Å². The minimum absolute atomic E-state index is 0.0134. The highest BCUT2D eigenvalue weighted by molar-refractivity contribution is 9.15. The molecule has 0 saturated carbocycles. The molecule has 0 spiro atoms. The summed E-state index contributed by atoms with van der Waals surface area (Å²) < 4.78 is 15.7. The van der Waals surface area contributed by atoms with Crippen LogP contribution in [0.1, 0.15) is 132 Å². The van der Waals surface area contributed by atoms with Crippen LogP contribution < -0.4 is 0 Å². The number of imidazole rings is 2. The number of hydrogen-bond donors (Lipinski definition) is 1. The van der Waals surface area contributed by atoms with E-state index in [1.54, 1.807) is 40.3 Å². The minimum atomic E-state index is -0.907. The van der Waals surface area contributed by atoms with Crippen LogP contribution in [0.25, 0.3) is 22.2 Å². The van der Waals surface area contributed by atoms with Crippen LogP contribution >= 0.6 is 39.1 Å². The van der Waals surface area contributed by atoms with E-state index in [2.05, 4.69) is 53.9 Å². The van der Waals surface area contributed by atoms with E-state index in [1.807, 2.05) is 128 Å². The number of ether oxygens (including phenoxy) is 2. The molecule has 2 aliphatic heterocycles. The number of aryl methyl sites for hydroxylation is 4. The summed E-state index contributed by atoms with van der Waals surface area (Å²) in [6, 6.07) is 19.6. The normalized spacial score (nSPS) is 17.9. The van der Waals surface area contributed by atoms with Gasteiger partial charge in [-0.1, -0.05) is 63.4 Å². The van der Waals surface area contributed by atoms with Crippen molar-refractivity contribution in [1.29, 1.82) is 0 Å². The molecule has 6 heterocycles. The zero-order valence-electron chi connectivity index (χ0n) is 45.3. The first-order valence-electron chi connectivity index (χ1n) is 25.6. The van der Waals surface area contributed by atoms with Crippen molar-refractivity contribution < 1.29 is 29.0 Å². The lowest BCUT2D eigenvalue weighted by atomic mass is 9.90. The highest BCUT2D eigenvalue weighted by atomic mass is 79.9. The molecule has 2 saturated heterocycles. The number of piperazine rings is 2. The maximum absolute atomic E-state index is 12.7. The van der Waals surface area contributed by atoms with Gasteiger partial charge in [-0.15, -0.1) is 0 Å². The molecule has 1 N–H and O–H groups in total. The SMILES string of the molecule is CC(C)(C)OC(=O)N1CCN([C@H]2c3ccc(Cl)cc3C(Br)=Cc3cccnc32)CC1.Cc1ncn(C)c1C(O)C1=Cc2cccnc2[C@@H](N2CCN(C(=O)OC(C)(C)C)CC2)c2ccc(Cl)cc21.Cc1ncn(C)c1C=O. The first kappa shape index (κ1) is 57.0. The van der Waals surface area contributed by atoms with Gasteiger partial charge in [0.1, 0.15) is 23.0 Å². The van der Waals surface area contributed by atoms with E-state index in [1.165, 1.54) is 0 Å². The minimum Gasteiger partial charge on any atom is -0.444 e. The number of aldehydes is 1. The van der Waals surface area contributed by atoms with Gasteiger partial charge in [-0.25, -0.2) is 19.6 Å². The van der Waals surface area contributed by atoms with E-state index in [9.17, 15) is 19.5 Å². The zero-order chi connectivity index (χ0) is 55.5. The van der Waals surface area contributed by atoms with E-state index < -0.39 is 17.3 Å². The van der Waals surface area contributed by atoms with Gasteiger partial charge in [0.25, 0.3) is 0 Å². The second kappa shape index (κ2) is 23.8. The van der Waals surface area contributed by atoms with Crippen molar-refractivity contribution in [3.05, 3.63) is 163 Å². The Kier molecular flexibility index (Phi) is 17.6. The van der Waals surface area contributed by atoms with E-state index in [0.29, 0.717) is 55.0 Å². The number of carbonyl (C=O) groups excluding carboxylic acids is 3. The summed E-state index contributed by atoms with van der Waals surface area (Å²) in [5.41, 5.74) is 10.7. The number of hydrogen-bond acceptors (Lipinski definition) is 12. The fraction of sp³-hybridized carbons (Fsp3) is 0.397. The van der Waals surface area contributed by atoms with E-state index in [-0.39, 0.29) is 24.3 Å². The fourth-order valence-electron chi connectivity index (χ4n) is 10.1. The second-order valence-corrected chi connectivity index (χ2v) is 23.2. The highest BCUT2D eigenvalue weighted by Gasteiger charge is 2.38. The lowest BCUT2D eigenvalue weighted by Crippen LogP contribution is -2.51. The Morgan fingerprint density at radius 2 is 1.12 bits per heavy atom. The number of rotatable bonds is 5. The number of aromatic nitrogens is 6. The zero-order valence-corrected chi connectivity index (χ0v) is 48.4. The molecule has 16 nitrogen and oxygen atoms in total. The highest BCUT2D eigenvalue weighted by Crippen LogP contribution is 2.45. The quantitative estimate of drug-likeness (QED) is 0.163. The molecule has 2 fully saturated rings. The van der Waals surface area contributed by atoms with Gasteiger partial charge < -0.3 is 33.5 Å². The van der Waals surface area contributed by atoms with Crippen molar-refractivity contribution in [2.45, 2.75) is 84.8 Å². The number of fused-ring (bicyclic) bond motifs is 4. The largest absolute Gasteiger partial charge is 0.444 e. The van der Waals surface area contributed by atoms with Crippen LogP contribution in [0.3, 0.4) is 0 Å². The molecule has 3 atom stereocenters. The molecular weight excluding hydrogens is 1080 g/mol. The van der Waals surface area contributed by atoms with Gasteiger partial charge in [-0.05, 0) is 143 Å². The summed E-state index contributed by atoms with van der Waals surface area (Å²) in [5.74, 6) is 0. The summed E-state index contributed by atoms with van der Waals surface area (Å²) in [6.45, 7) is 20.1. The van der Waals surface area contributed by atoms with Crippen molar-refractivity contribution in [2.75, 3.05) is 52.4 Å². The molecule has 10 rings (SSSR count). The first-order chi connectivity index (χ1) is 36.5. The number of aliphatic hydroxyl groups excluding tert-OH is 1. The van der Waals surface area contributed by atoms with Crippen LogP contribution in [0.4, 0.5) is 9.59 Å². The number of nitrogens with zero attached hydrogens (tertiary/aromatic N) is 10. The molecule has 2 aromatic carbocycles. The van der Waals surface area contributed by atoms with Gasteiger partial charge in [0, 0.05) is 93.4 Å². The van der Waals surface area contributed by atoms with Gasteiger partial charge in [0.2, 0.25) is 0 Å². The lowest BCUT2D eigenvalue weighted by molar-refractivity contribution is 0.0109. The maximum Gasteiger partial charge on any atom is 0.410 e. The van der Waals surface area contributed by atoms with Gasteiger partial charge in [0.05, 0.1) is 53.2 Å². The van der Waals surface area contributed by atoms with Gasteiger partial charge in [0.15, 0.2) is 6.29 Å². The van der Waals surface area contributed by atoms with Crippen molar-refractivity contribution in [1.82, 2.24) is 48.7 Å². The molecule has 77 heavy (non-hydrogen) atoms. The molecule has 2 aliphatic carbocycles. The van der Waals surface area contributed by atoms with Crippen molar-refractivity contribution in [3.63, 3.8) is 0 Å². The van der Waals surface area contributed by atoms with Crippen LogP contribution in [-0.4, -0.2) is 136 Å². The standard InChI is InChI=1S/C29H34ClN5O3.C23H25BrClN3O2.C6H8N2O/c1-18-25(33(5)17-32-18)27(36)23-15-19-7-6-10-31-24(19)26(21-9-8-20(30)16-22(21)23)34-11-13-35(14-12-34)28(37)38-29(2,3)4;1-23(2,3)30-22(29)28-11-9-27(10-12-28)21-17-7-6-16(25)14-18(17)19(24)13-15-5-4-8-26-20(15)21;1-5-6(3-9)8(2)4-7-5/h6-10,15-17,26-27,36H,11-14H2,1-5H3;4-8,13-14,21H,9-12H2,1-3H3;3-4H,1-2H3/t26-,27?;21-;/m00./s1. The molecule has 2 amide bonds. The Bertz CT molecular complexity index is 3160. The monoisotopic (exact) mass is 1150 g/mol. The third-order valence-electron chi connectivity index (χ3n) is 13.7. The van der Waals surface area contributed by atoms with E-state index in [4.69, 9.17) is 42.6 Å². The molecule has 4 aliphatic rings. The van der Waals surface area contributed by atoms with Gasteiger partial charge >= 0.3 is 12.2 Å². The molecule has 6 aromatic rings. The lowest BCUT2D eigenvalue weighted by Gasteiger charge is -2.40. The molecule has 0 bridgehead atoms. The van der Waals surface area contributed by atoms with Crippen LogP contribution in [-0.2, 0) is 23.6 Å². The van der Waals surface area contributed by atoms with E-state index >= 15 is 0 Å². The first-order valence-corrected chi connectivity index (χ1v) is 27.2. The molecule has 4 aromatic heterocycles. The molecule has 19 heteroatoms. The van der Waals surface area contributed by atoms with Crippen molar-refractivity contribution in [3.8, 4) is 0 Å². The molecule has 0 radical (unpaired) electrons. The number of carbonyl (C=O) groups is 3. The molecule has 406 valence electrons. The average molecular weight is 1150 g/mol. The van der Waals surface area contributed by atoms with Crippen LogP contribution in [0.15, 0.2) is 85.7 Å². The van der Waals surface area contributed by atoms with Crippen molar-refractivity contribution >= 4 is 79.8 Å². The Hall–Kier alpha value is -6.21. The summed E-state index contributed by atoms with van der Waals surface area (Å²) >= 11 is 16.6. The van der Waals surface area contributed by atoms with Gasteiger partial charge in [-0.3, -0.25) is 24.6 Å². The molecule has 1 unspecified atom stereocenters. The van der Waals surface area contributed by atoms with Crippen LogP contribution in [0.5, 0.6) is 0 Å². The fourth-order valence-corrected chi connectivity index (χ4v) is 11.0. The summed E-state index contributed by atoms with van der Waals surface area (Å²) in [7, 11) is 3.68. The number of aliphatic hydroxyl groups is 1. The average Bonchev–Trinajstić information content (AvgIpc) is 3.81. The molecular formula is C58H67BrCl2N10O6.